The lowest BCUT2D eigenvalue weighted by atomic mass is 9.97. The average molecular weight is 419 g/mol. The van der Waals surface area contributed by atoms with Crippen LogP contribution in [0.4, 0.5) is 0 Å². The first kappa shape index (κ1) is 22.4. The van der Waals surface area contributed by atoms with E-state index in [1.807, 2.05) is 11.8 Å². The molecule has 29 heavy (non-hydrogen) atoms. The Hall–Kier alpha value is -1.24. The number of methoxy groups -OCH3 is 1. The van der Waals surface area contributed by atoms with Crippen LogP contribution in [0.1, 0.15) is 26.2 Å². The molecule has 0 bridgehead atoms. The Morgan fingerprint density at radius 1 is 1.14 bits per heavy atom. The zero-order valence-electron chi connectivity index (χ0n) is 18.2. The van der Waals surface area contributed by atoms with Gasteiger partial charge in [-0.2, -0.15) is 0 Å². The van der Waals surface area contributed by atoms with E-state index in [1.165, 1.54) is 43.0 Å². The van der Waals surface area contributed by atoms with Crippen molar-refractivity contribution in [2.24, 2.45) is 16.8 Å². The fourth-order valence-corrected chi connectivity index (χ4v) is 5.20. The Balaban J connectivity index is 1.43. The summed E-state index contributed by atoms with van der Waals surface area (Å²) >= 11 is 1.99. The average Bonchev–Trinajstić information content (AvgIpc) is 3.24. The predicted octanol–water partition coefficient (Wildman–Crippen LogP) is 3.42. The fraction of sp³-hybridized carbons (Fsp3) is 0.696. The van der Waals surface area contributed by atoms with E-state index in [2.05, 4.69) is 52.4 Å². The summed E-state index contributed by atoms with van der Waals surface area (Å²) in [5.41, 5.74) is 0. The standard InChI is InChI=1S/C23H38N4OS/c1-3-24-23(25-17-20-9-12-26(13-10-20)15-16-28-2)27-14-11-21(18-27)19-29-22-7-5-4-6-8-22/h4-8,20-21H,3,9-19H2,1-2H3,(H,24,25). The molecule has 2 saturated heterocycles. The highest BCUT2D eigenvalue weighted by atomic mass is 32.2. The van der Waals surface area contributed by atoms with Gasteiger partial charge in [-0.1, -0.05) is 18.2 Å². The Morgan fingerprint density at radius 3 is 2.62 bits per heavy atom. The van der Waals surface area contributed by atoms with Crippen molar-refractivity contribution in [1.29, 1.82) is 0 Å². The van der Waals surface area contributed by atoms with E-state index in [4.69, 9.17) is 9.73 Å². The first-order valence-corrected chi connectivity index (χ1v) is 12.2. The molecule has 0 radical (unpaired) electrons. The van der Waals surface area contributed by atoms with Gasteiger partial charge in [0, 0.05) is 50.5 Å². The maximum atomic E-state index is 5.21. The SMILES string of the molecule is CCNC(=NCC1CCN(CCOC)CC1)N1CCC(CSc2ccccc2)C1. The van der Waals surface area contributed by atoms with E-state index >= 15 is 0 Å². The largest absolute Gasteiger partial charge is 0.383 e. The summed E-state index contributed by atoms with van der Waals surface area (Å²) < 4.78 is 5.21. The van der Waals surface area contributed by atoms with Crippen LogP contribution in [-0.4, -0.2) is 81.0 Å². The Morgan fingerprint density at radius 2 is 1.90 bits per heavy atom. The molecule has 0 amide bonds. The van der Waals surface area contributed by atoms with Crippen LogP contribution in [0.15, 0.2) is 40.2 Å². The van der Waals surface area contributed by atoms with Gasteiger partial charge in [0.25, 0.3) is 0 Å². The molecule has 0 aromatic heterocycles. The second-order valence-corrected chi connectivity index (χ2v) is 9.29. The van der Waals surface area contributed by atoms with Gasteiger partial charge < -0.3 is 19.9 Å². The first-order valence-electron chi connectivity index (χ1n) is 11.2. The van der Waals surface area contributed by atoms with Crippen LogP contribution in [0.5, 0.6) is 0 Å². The van der Waals surface area contributed by atoms with E-state index < -0.39 is 0 Å². The third-order valence-electron chi connectivity index (χ3n) is 5.97. The molecule has 162 valence electrons. The zero-order valence-corrected chi connectivity index (χ0v) is 19.0. The number of hydrogen-bond donors (Lipinski definition) is 1. The third kappa shape index (κ3) is 7.50. The summed E-state index contributed by atoms with van der Waals surface area (Å²) in [6, 6.07) is 10.8. The molecule has 3 rings (SSSR count). The van der Waals surface area contributed by atoms with Crippen molar-refractivity contribution in [2.75, 3.05) is 65.3 Å². The first-order chi connectivity index (χ1) is 14.3. The van der Waals surface area contributed by atoms with Crippen molar-refractivity contribution < 1.29 is 4.74 Å². The van der Waals surface area contributed by atoms with E-state index in [9.17, 15) is 0 Å². The lowest BCUT2D eigenvalue weighted by molar-refractivity contribution is 0.121. The highest BCUT2D eigenvalue weighted by Crippen LogP contribution is 2.26. The second kappa shape index (κ2) is 12.5. The Labute approximate surface area is 181 Å². The van der Waals surface area contributed by atoms with Gasteiger partial charge in [0.1, 0.15) is 0 Å². The van der Waals surface area contributed by atoms with Gasteiger partial charge >= 0.3 is 0 Å². The number of nitrogens with zero attached hydrogens (tertiary/aromatic N) is 3. The van der Waals surface area contributed by atoms with Crippen molar-refractivity contribution >= 4 is 17.7 Å². The topological polar surface area (TPSA) is 40.1 Å². The monoisotopic (exact) mass is 418 g/mol. The molecule has 2 fully saturated rings. The molecule has 6 heteroatoms. The zero-order chi connectivity index (χ0) is 20.3. The summed E-state index contributed by atoms with van der Waals surface area (Å²) in [4.78, 5) is 11.4. The van der Waals surface area contributed by atoms with Crippen LogP contribution in [0.25, 0.3) is 0 Å². The van der Waals surface area contributed by atoms with Gasteiger partial charge in [-0.3, -0.25) is 4.99 Å². The van der Waals surface area contributed by atoms with Crippen LogP contribution in [0.3, 0.4) is 0 Å². The van der Waals surface area contributed by atoms with Crippen molar-refractivity contribution in [3.8, 4) is 0 Å². The lowest BCUT2D eigenvalue weighted by Crippen LogP contribution is -2.41. The number of thioether (sulfide) groups is 1. The number of hydrogen-bond acceptors (Lipinski definition) is 4. The molecule has 5 nitrogen and oxygen atoms in total. The van der Waals surface area contributed by atoms with Crippen LogP contribution < -0.4 is 5.32 Å². The number of likely N-dealkylation sites (tertiary alicyclic amines) is 2. The number of ether oxygens (including phenoxy) is 1. The highest BCUT2D eigenvalue weighted by molar-refractivity contribution is 7.99. The second-order valence-electron chi connectivity index (χ2n) is 8.20. The molecule has 0 aliphatic carbocycles. The van der Waals surface area contributed by atoms with Gasteiger partial charge in [0.05, 0.1) is 6.61 Å². The molecular formula is C23H38N4OS. The molecule has 1 aromatic carbocycles. The molecule has 1 unspecified atom stereocenters. The van der Waals surface area contributed by atoms with Crippen LogP contribution >= 0.6 is 11.8 Å². The minimum absolute atomic E-state index is 0.717. The molecule has 2 aliphatic rings. The quantitative estimate of drug-likeness (QED) is 0.378. The maximum Gasteiger partial charge on any atom is 0.193 e. The van der Waals surface area contributed by atoms with Crippen LogP contribution in [-0.2, 0) is 4.74 Å². The number of piperidine rings is 1. The number of nitrogens with one attached hydrogen (secondary N) is 1. The maximum absolute atomic E-state index is 5.21. The van der Waals surface area contributed by atoms with Crippen molar-refractivity contribution in [1.82, 2.24) is 15.1 Å². The Bertz CT molecular complexity index is 604. The van der Waals surface area contributed by atoms with Crippen molar-refractivity contribution in [3.05, 3.63) is 30.3 Å². The summed E-state index contributed by atoms with van der Waals surface area (Å²) in [6.07, 6.45) is 3.77. The lowest BCUT2D eigenvalue weighted by Gasteiger charge is -2.31. The van der Waals surface area contributed by atoms with Crippen molar-refractivity contribution in [2.45, 2.75) is 31.1 Å². The normalized spacial score (nSPS) is 21.7. The van der Waals surface area contributed by atoms with E-state index in [1.54, 1.807) is 7.11 Å². The Kier molecular flexibility index (Phi) is 9.64. The fourth-order valence-electron chi connectivity index (χ4n) is 4.15. The molecular weight excluding hydrogens is 380 g/mol. The number of rotatable bonds is 9. The van der Waals surface area contributed by atoms with E-state index in [-0.39, 0.29) is 0 Å². The van der Waals surface area contributed by atoms with Gasteiger partial charge in [-0.25, -0.2) is 0 Å². The summed E-state index contributed by atoms with van der Waals surface area (Å²) in [7, 11) is 1.78. The van der Waals surface area contributed by atoms with Crippen LogP contribution in [0.2, 0.25) is 0 Å². The minimum atomic E-state index is 0.717. The molecule has 2 heterocycles. The van der Waals surface area contributed by atoms with E-state index in [0.29, 0.717) is 0 Å². The minimum Gasteiger partial charge on any atom is -0.383 e. The van der Waals surface area contributed by atoms with Gasteiger partial charge in [0.15, 0.2) is 5.96 Å². The van der Waals surface area contributed by atoms with Gasteiger partial charge in [-0.15, -0.1) is 11.8 Å². The molecule has 1 N–H and O–H groups in total. The third-order valence-corrected chi connectivity index (χ3v) is 7.21. The van der Waals surface area contributed by atoms with Gasteiger partial charge in [0.2, 0.25) is 0 Å². The summed E-state index contributed by atoms with van der Waals surface area (Å²) in [5, 5.41) is 3.54. The molecule has 2 aliphatic heterocycles. The van der Waals surface area contributed by atoms with Crippen LogP contribution in [0, 0.1) is 11.8 Å². The van der Waals surface area contributed by atoms with E-state index in [0.717, 1.165) is 57.1 Å². The molecule has 0 spiro atoms. The predicted molar refractivity (Wildman–Crippen MR) is 124 cm³/mol. The van der Waals surface area contributed by atoms with Crippen molar-refractivity contribution in [3.63, 3.8) is 0 Å². The number of benzene rings is 1. The van der Waals surface area contributed by atoms with Gasteiger partial charge in [-0.05, 0) is 63.2 Å². The molecule has 0 saturated carbocycles. The number of guanidine groups is 1. The highest BCUT2D eigenvalue weighted by Gasteiger charge is 2.25. The number of aliphatic imine (C=N–C) groups is 1. The molecule has 1 atom stereocenters. The smallest absolute Gasteiger partial charge is 0.193 e. The molecule has 1 aromatic rings. The summed E-state index contributed by atoms with van der Waals surface area (Å²) in [5.74, 6) is 3.78. The summed E-state index contributed by atoms with van der Waals surface area (Å²) in [6.45, 7) is 10.6.